The fourth-order valence-electron chi connectivity index (χ4n) is 3.49. The smallest absolute Gasteiger partial charge is 0.231 e. The number of ether oxygens (including phenoxy) is 2. The first-order valence-corrected chi connectivity index (χ1v) is 9.10. The highest BCUT2D eigenvalue weighted by Gasteiger charge is 2.28. The number of piperidine rings is 1. The summed E-state index contributed by atoms with van der Waals surface area (Å²) in [5.41, 5.74) is 0.652. The van der Waals surface area contributed by atoms with Crippen molar-refractivity contribution in [3.8, 4) is 11.5 Å². The molecule has 0 aliphatic carbocycles. The van der Waals surface area contributed by atoms with Gasteiger partial charge < -0.3 is 24.8 Å². The van der Waals surface area contributed by atoms with Gasteiger partial charge in [-0.25, -0.2) is 9.97 Å². The lowest BCUT2D eigenvalue weighted by molar-refractivity contribution is 0.0906. The predicted molar refractivity (Wildman–Crippen MR) is 99.4 cm³/mol. The maximum atomic E-state index is 13.0. The van der Waals surface area contributed by atoms with Crippen LogP contribution in [0.15, 0.2) is 30.6 Å². The Morgan fingerprint density at radius 3 is 3.04 bits per heavy atom. The molecule has 2 aromatic rings. The molecular weight excluding hydrogens is 348 g/mol. The number of fused-ring (bicyclic) bond motifs is 1. The van der Waals surface area contributed by atoms with Crippen LogP contribution in [0.3, 0.4) is 0 Å². The second-order valence-electron chi connectivity index (χ2n) is 6.63. The molecule has 0 bridgehead atoms. The Morgan fingerprint density at radius 1 is 1.26 bits per heavy atom. The molecule has 1 aromatic heterocycles. The molecule has 142 valence electrons. The van der Waals surface area contributed by atoms with E-state index in [1.807, 2.05) is 6.07 Å². The van der Waals surface area contributed by atoms with Crippen molar-refractivity contribution in [2.45, 2.75) is 12.8 Å². The lowest BCUT2D eigenvalue weighted by atomic mass is 9.90. The number of hydrogen-bond acceptors (Lipinski definition) is 8. The minimum absolute atomic E-state index is 0.0369. The molecule has 27 heavy (non-hydrogen) atoms. The van der Waals surface area contributed by atoms with E-state index in [0.717, 1.165) is 25.2 Å². The molecule has 0 saturated carbocycles. The first kappa shape index (κ1) is 17.5. The van der Waals surface area contributed by atoms with E-state index in [2.05, 4.69) is 20.2 Å². The number of aliphatic hydroxyl groups is 1. The number of aromatic nitrogens is 2. The van der Waals surface area contributed by atoms with Crippen LogP contribution >= 0.6 is 0 Å². The zero-order chi connectivity index (χ0) is 18.6. The van der Waals surface area contributed by atoms with Gasteiger partial charge in [-0.1, -0.05) is 0 Å². The van der Waals surface area contributed by atoms with Gasteiger partial charge in [-0.2, -0.15) is 0 Å². The van der Waals surface area contributed by atoms with Crippen LogP contribution in [0.5, 0.6) is 11.5 Å². The summed E-state index contributed by atoms with van der Waals surface area (Å²) >= 11 is 0. The quantitative estimate of drug-likeness (QED) is 0.742. The monoisotopic (exact) mass is 370 g/mol. The van der Waals surface area contributed by atoms with E-state index in [4.69, 9.17) is 14.6 Å². The Morgan fingerprint density at radius 2 is 2.15 bits per heavy atom. The maximum Gasteiger partial charge on any atom is 0.231 e. The molecule has 1 saturated heterocycles. The molecule has 0 amide bonds. The number of carbonyl (C=O) groups is 1. The summed E-state index contributed by atoms with van der Waals surface area (Å²) in [4.78, 5) is 23.6. The van der Waals surface area contributed by atoms with Crippen LogP contribution in [-0.4, -0.2) is 53.9 Å². The fourth-order valence-corrected chi connectivity index (χ4v) is 3.49. The summed E-state index contributed by atoms with van der Waals surface area (Å²) < 4.78 is 10.7. The van der Waals surface area contributed by atoms with Crippen LogP contribution in [0.25, 0.3) is 0 Å². The highest BCUT2D eigenvalue weighted by Crippen LogP contribution is 2.34. The molecule has 4 rings (SSSR count). The summed E-state index contributed by atoms with van der Waals surface area (Å²) in [6, 6.07) is 7.21. The van der Waals surface area contributed by atoms with E-state index >= 15 is 0 Å². The van der Waals surface area contributed by atoms with E-state index in [1.54, 1.807) is 18.2 Å². The molecule has 1 aromatic carbocycles. The summed E-state index contributed by atoms with van der Waals surface area (Å²) in [6.07, 6.45) is 3.27. The van der Waals surface area contributed by atoms with Gasteiger partial charge in [-0.05, 0) is 31.0 Å². The summed E-state index contributed by atoms with van der Waals surface area (Å²) in [7, 11) is 0. The second kappa shape index (κ2) is 7.79. The number of benzene rings is 1. The Bertz CT molecular complexity index is 829. The average Bonchev–Trinajstić information content (AvgIpc) is 3.20. The molecule has 8 nitrogen and oxygen atoms in total. The van der Waals surface area contributed by atoms with Gasteiger partial charge in [-0.3, -0.25) is 4.79 Å². The molecule has 2 aliphatic heterocycles. The fraction of sp³-hybridized carbons (Fsp3) is 0.421. The van der Waals surface area contributed by atoms with Gasteiger partial charge in [-0.15, -0.1) is 0 Å². The lowest BCUT2D eigenvalue weighted by Gasteiger charge is -2.33. The lowest BCUT2D eigenvalue weighted by Crippen LogP contribution is -2.39. The Balaban J connectivity index is 1.47. The molecule has 2 N–H and O–H groups in total. The van der Waals surface area contributed by atoms with Crippen molar-refractivity contribution in [2.24, 2.45) is 5.92 Å². The number of nitrogens with one attached hydrogen (secondary N) is 1. The van der Waals surface area contributed by atoms with Crippen LogP contribution in [0, 0.1) is 5.92 Å². The van der Waals surface area contributed by atoms with Gasteiger partial charge in [0.15, 0.2) is 17.3 Å². The number of nitrogens with zero attached hydrogens (tertiary/aromatic N) is 3. The van der Waals surface area contributed by atoms with E-state index in [0.29, 0.717) is 36.0 Å². The first-order chi connectivity index (χ1) is 13.2. The van der Waals surface area contributed by atoms with Crippen molar-refractivity contribution < 1.29 is 19.4 Å². The van der Waals surface area contributed by atoms with Gasteiger partial charge >= 0.3 is 0 Å². The number of hydrogen-bond donors (Lipinski definition) is 2. The molecule has 0 spiro atoms. The van der Waals surface area contributed by atoms with Crippen molar-refractivity contribution in [3.05, 3.63) is 36.2 Å². The van der Waals surface area contributed by atoms with Crippen molar-refractivity contribution in [2.75, 3.05) is 43.3 Å². The largest absolute Gasteiger partial charge is 0.454 e. The van der Waals surface area contributed by atoms with Crippen molar-refractivity contribution >= 4 is 17.4 Å². The topological polar surface area (TPSA) is 96.8 Å². The zero-order valence-electron chi connectivity index (χ0n) is 14.9. The number of Topliss-reactive ketones (excluding diaryl/α,β-unsaturated/α-hetero) is 1. The van der Waals surface area contributed by atoms with Crippen LogP contribution < -0.4 is 19.7 Å². The summed E-state index contributed by atoms with van der Waals surface area (Å²) in [6.45, 7) is 2.13. The predicted octanol–water partition coefficient (Wildman–Crippen LogP) is 1.71. The minimum atomic E-state index is -0.0945. The van der Waals surface area contributed by atoms with E-state index in [1.165, 1.54) is 6.33 Å². The number of ketones is 1. The number of aliphatic hydroxyl groups excluding tert-OH is 1. The van der Waals surface area contributed by atoms with Crippen molar-refractivity contribution in [1.29, 1.82) is 0 Å². The standard InChI is InChI=1S/C19H22N4O4/c24-7-5-20-17-9-18(22-11-21-17)23-6-1-2-14(10-23)19(25)13-3-4-15-16(8-13)27-12-26-15/h3-4,8-9,11,14,24H,1-2,5-7,10,12H2,(H,20,21,22)/t14-/m0/s1. The van der Waals surface area contributed by atoms with Gasteiger partial charge in [0, 0.05) is 37.2 Å². The Hall–Kier alpha value is -2.87. The van der Waals surface area contributed by atoms with Crippen LogP contribution in [0.2, 0.25) is 0 Å². The van der Waals surface area contributed by atoms with Crippen molar-refractivity contribution in [3.63, 3.8) is 0 Å². The van der Waals surface area contributed by atoms with Gasteiger partial charge in [0.05, 0.1) is 6.61 Å². The zero-order valence-corrected chi connectivity index (χ0v) is 14.9. The highest BCUT2D eigenvalue weighted by atomic mass is 16.7. The van der Waals surface area contributed by atoms with E-state index in [9.17, 15) is 4.79 Å². The Labute approximate surface area is 157 Å². The summed E-state index contributed by atoms with van der Waals surface area (Å²) in [5, 5.41) is 12.0. The van der Waals surface area contributed by atoms with Gasteiger partial charge in [0.2, 0.25) is 6.79 Å². The normalized spacial score (nSPS) is 18.4. The van der Waals surface area contributed by atoms with Crippen LogP contribution in [0.4, 0.5) is 11.6 Å². The van der Waals surface area contributed by atoms with Gasteiger partial charge in [0.25, 0.3) is 0 Å². The third-order valence-electron chi connectivity index (χ3n) is 4.84. The molecule has 3 heterocycles. The molecule has 0 radical (unpaired) electrons. The SMILES string of the molecule is O=C(c1ccc2c(c1)OCO2)[C@H]1CCCN(c2cc(NCCO)ncn2)C1. The average molecular weight is 370 g/mol. The molecule has 1 fully saturated rings. The van der Waals surface area contributed by atoms with E-state index < -0.39 is 0 Å². The summed E-state index contributed by atoms with van der Waals surface area (Å²) in [5.74, 6) is 2.78. The Kier molecular flexibility index (Phi) is 5.06. The minimum Gasteiger partial charge on any atom is -0.454 e. The molecule has 0 unspecified atom stereocenters. The third-order valence-corrected chi connectivity index (χ3v) is 4.84. The van der Waals surface area contributed by atoms with Gasteiger partial charge in [0.1, 0.15) is 18.0 Å². The second-order valence-corrected chi connectivity index (χ2v) is 6.63. The molecule has 8 heteroatoms. The first-order valence-electron chi connectivity index (χ1n) is 9.10. The molecular formula is C19H22N4O4. The number of rotatable bonds is 6. The molecule has 2 aliphatic rings. The number of anilines is 2. The van der Waals surface area contributed by atoms with E-state index in [-0.39, 0.29) is 25.1 Å². The van der Waals surface area contributed by atoms with Crippen LogP contribution in [-0.2, 0) is 0 Å². The highest BCUT2D eigenvalue weighted by molar-refractivity contribution is 5.99. The van der Waals surface area contributed by atoms with Crippen molar-refractivity contribution in [1.82, 2.24) is 9.97 Å². The third kappa shape index (κ3) is 3.80. The molecule has 1 atom stereocenters. The maximum absolute atomic E-state index is 13.0. The number of carbonyl (C=O) groups excluding carboxylic acids is 1. The van der Waals surface area contributed by atoms with Crippen LogP contribution in [0.1, 0.15) is 23.2 Å².